The predicted octanol–water partition coefficient (Wildman–Crippen LogP) is 5.64. The van der Waals surface area contributed by atoms with Crippen molar-refractivity contribution >= 4 is 5.78 Å². The van der Waals surface area contributed by atoms with E-state index >= 15 is 0 Å². The number of Topliss-reactive ketones (excluding diaryl/α,β-unsaturated/α-hetero) is 1. The maximum absolute atomic E-state index is 13.6. The number of ketones is 1. The largest absolute Gasteiger partial charge is 0.291 e. The molecule has 1 heterocycles. The highest BCUT2D eigenvalue weighted by molar-refractivity contribution is 6.01. The Labute approximate surface area is 165 Å². The second-order valence-corrected chi connectivity index (χ2v) is 6.91. The molecule has 1 aromatic heterocycles. The highest BCUT2D eigenvalue weighted by Gasteiger charge is 2.28. The van der Waals surface area contributed by atoms with Crippen LogP contribution in [0.4, 0.5) is 0 Å². The molecule has 0 aliphatic carbocycles. The minimum absolute atomic E-state index is 0.0338. The third-order valence-corrected chi connectivity index (χ3v) is 5.10. The summed E-state index contributed by atoms with van der Waals surface area (Å²) in [7, 11) is 0. The van der Waals surface area contributed by atoms with Crippen molar-refractivity contribution in [3.63, 3.8) is 0 Å². The highest BCUT2D eigenvalue weighted by atomic mass is 16.1. The summed E-state index contributed by atoms with van der Waals surface area (Å²) in [6, 6.07) is 28.9. The van der Waals surface area contributed by atoms with Gasteiger partial charge in [-0.25, -0.2) is 4.68 Å². The summed E-state index contributed by atoms with van der Waals surface area (Å²) in [5.41, 5.74) is 5.67. The Hall–Kier alpha value is -3.46. The van der Waals surface area contributed by atoms with Crippen molar-refractivity contribution in [2.75, 3.05) is 0 Å². The molecule has 3 nitrogen and oxygen atoms in total. The van der Waals surface area contributed by atoms with Gasteiger partial charge in [0.1, 0.15) is 6.04 Å². The average Bonchev–Trinajstić information content (AvgIpc) is 3.04. The molecule has 0 spiro atoms. The van der Waals surface area contributed by atoms with Crippen LogP contribution in [0.3, 0.4) is 0 Å². The average molecular weight is 366 g/mol. The molecular formula is C25H22N2O. The number of aryl methyl sites for hydroxylation is 1. The second-order valence-electron chi connectivity index (χ2n) is 6.91. The van der Waals surface area contributed by atoms with Crippen LogP contribution in [0.5, 0.6) is 0 Å². The zero-order chi connectivity index (χ0) is 19.5. The van der Waals surface area contributed by atoms with Gasteiger partial charge in [0.05, 0.1) is 11.4 Å². The molecule has 0 aliphatic rings. The first-order valence-corrected chi connectivity index (χ1v) is 9.42. The number of aromatic nitrogens is 2. The van der Waals surface area contributed by atoms with Crippen LogP contribution >= 0.6 is 0 Å². The van der Waals surface area contributed by atoms with E-state index < -0.39 is 6.04 Å². The summed E-state index contributed by atoms with van der Waals surface area (Å²) < 4.78 is 1.89. The lowest BCUT2D eigenvalue weighted by Crippen LogP contribution is -2.23. The molecule has 0 aliphatic heterocycles. The van der Waals surface area contributed by atoms with Crippen molar-refractivity contribution in [2.24, 2.45) is 0 Å². The Morgan fingerprint density at radius 2 is 1.32 bits per heavy atom. The Kier molecular flexibility index (Phi) is 4.90. The normalized spacial score (nSPS) is 11.9. The zero-order valence-corrected chi connectivity index (χ0v) is 16.0. The molecule has 0 radical (unpaired) electrons. The molecule has 0 saturated carbocycles. The minimum Gasteiger partial charge on any atom is -0.291 e. The maximum Gasteiger partial charge on any atom is 0.191 e. The van der Waals surface area contributed by atoms with Crippen molar-refractivity contribution < 1.29 is 4.79 Å². The van der Waals surface area contributed by atoms with Gasteiger partial charge in [0.25, 0.3) is 0 Å². The monoisotopic (exact) mass is 366 g/mol. The first-order valence-electron chi connectivity index (χ1n) is 9.42. The summed E-state index contributed by atoms with van der Waals surface area (Å²) in [5.74, 6) is 0.0338. The van der Waals surface area contributed by atoms with Crippen LogP contribution in [0.2, 0.25) is 0 Å². The first kappa shape index (κ1) is 17.9. The van der Waals surface area contributed by atoms with Gasteiger partial charge >= 0.3 is 0 Å². The Bertz CT molecular complexity index is 1080. The van der Waals surface area contributed by atoms with Gasteiger partial charge in [0.15, 0.2) is 5.78 Å². The first-order chi connectivity index (χ1) is 13.7. The number of rotatable bonds is 5. The number of hydrogen-bond donors (Lipinski definition) is 0. The van der Waals surface area contributed by atoms with E-state index in [4.69, 9.17) is 5.10 Å². The van der Waals surface area contributed by atoms with Crippen molar-refractivity contribution in [2.45, 2.75) is 19.9 Å². The molecule has 0 saturated heterocycles. The topological polar surface area (TPSA) is 34.9 Å². The lowest BCUT2D eigenvalue weighted by atomic mass is 9.96. The Morgan fingerprint density at radius 3 is 1.93 bits per heavy atom. The fourth-order valence-corrected chi connectivity index (χ4v) is 3.56. The van der Waals surface area contributed by atoms with Crippen LogP contribution in [0.15, 0.2) is 91.0 Å². The molecular weight excluding hydrogens is 344 g/mol. The van der Waals surface area contributed by atoms with Crippen molar-refractivity contribution in [3.8, 4) is 11.3 Å². The number of carbonyl (C=O) groups is 1. The summed E-state index contributed by atoms with van der Waals surface area (Å²) >= 11 is 0. The molecule has 3 aromatic carbocycles. The molecule has 138 valence electrons. The Morgan fingerprint density at radius 1 is 0.786 bits per heavy atom. The van der Waals surface area contributed by atoms with E-state index in [1.807, 2.05) is 90.5 Å². The van der Waals surface area contributed by atoms with E-state index in [9.17, 15) is 4.79 Å². The van der Waals surface area contributed by atoms with Crippen LogP contribution in [-0.2, 0) is 0 Å². The fourth-order valence-electron chi connectivity index (χ4n) is 3.56. The van der Waals surface area contributed by atoms with Gasteiger partial charge in [-0.15, -0.1) is 0 Å². The highest BCUT2D eigenvalue weighted by Crippen LogP contribution is 2.32. The number of hydrogen-bond acceptors (Lipinski definition) is 2. The van der Waals surface area contributed by atoms with Gasteiger partial charge in [-0.3, -0.25) is 4.79 Å². The molecule has 4 rings (SSSR count). The minimum atomic E-state index is -0.522. The van der Waals surface area contributed by atoms with Crippen molar-refractivity contribution in [3.05, 3.63) is 113 Å². The maximum atomic E-state index is 13.6. The molecule has 1 atom stereocenters. The van der Waals surface area contributed by atoms with Crippen LogP contribution < -0.4 is 0 Å². The van der Waals surface area contributed by atoms with Crippen molar-refractivity contribution in [1.29, 1.82) is 0 Å². The smallest absolute Gasteiger partial charge is 0.191 e. The van der Waals surface area contributed by atoms with Crippen LogP contribution in [0.1, 0.15) is 33.2 Å². The zero-order valence-electron chi connectivity index (χ0n) is 16.0. The second kappa shape index (κ2) is 7.65. The van der Waals surface area contributed by atoms with Crippen LogP contribution in [-0.4, -0.2) is 15.6 Å². The third-order valence-electron chi connectivity index (χ3n) is 5.10. The molecule has 0 bridgehead atoms. The van der Waals surface area contributed by atoms with Crippen LogP contribution in [0, 0.1) is 13.8 Å². The molecule has 0 amide bonds. The molecule has 0 fully saturated rings. The third kappa shape index (κ3) is 3.27. The standard InChI is InChI=1S/C25H22N2O/c1-18-19(2)26-27(23(18)20-12-6-3-7-13-20)24(21-14-8-4-9-15-21)25(28)22-16-10-5-11-17-22/h3-17,24H,1-2H3. The molecule has 1 unspecified atom stereocenters. The number of benzene rings is 3. The van der Waals surface area contributed by atoms with E-state index in [2.05, 4.69) is 19.1 Å². The number of nitrogens with zero attached hydrogens (tertiary/aromatic N) is 2. The molecule has 3 heteroatoms. The Balaban J connectivity index is 1.94. The predicted molar refractivity (Wildman–Crippen MR) is 112 cm³/mol. The van der Waals surface area contributed by atoms with Gasteiger partial charge < -0.3 is 0 Å². The fraction of sp³-hybridized carbons (Fsp3) is 0.120. The van der Waals surface area contributed by atoms with E-state index in [1.54, 1.807) is 0 Å². The van der Waals surface area contributed by atoms with Gasteiger partial charge in [-0.05, 0) is 25.0 Å². The summed E-state index contributed by atoms with van der Waals surface area (Å²) in [6.07, 6.45) is 0. The van der Waals surface area contributed by atoms with Gasteiger partial charge in [-0.1, -0.05) is 91.0 Å². The quantitative estimate of drug-likeness (QED) is 0.429. The van der Waals surface area contributed by atoms with E-state index in [-0.39, 0.29) is 5.78 Å². The summed E-state index contributed by atoms with van der Waals surface area (Å²) in [4.78, 5) is 13.6. The lowest BCUT2D eigenvalue weighted by Gasteiger charge is -2.20. The SMILES string of the molecule is Cc1nn(C(C(=O)c2ccccc2)c2ccccc2)c(-c2ccccc2)c1C. The van der Waals surface area contributed by atoms with Gasteiger partial charge in [-0.2, -0.15) is 5.10 Å². The van der Waals surface area contributed by atoms with E-state index in [0.29, 0.717) is 5.56 Å². The van der Waals surface area contributed by atoms with E-state index in [0.717, 1.165) is 28.1 Å². The summed E-state index contributed by atoms with van der Waals surface area (Å²) in [5, 5.41) is 4.81. The van der Waals surface area contributed by atoms with E-state index in [1.165, 1.54) is 0 Å². The lowest BCUT2D eigenvalue weighted by molar-refractivity contribution is 0.0940. The van der Waals surface area contributed by atoms with Gasteiger partial charge in [0, 0.05) is 11.1 Å². The molecule has 28 heavy (non-hydrogen) atoms. The van der Waals surface area contributed by atoms with Crippen molar-refractivity contribution in [1.82, 2.24) is 9.78 Å². The summed E-state index contributed by atoms with van der Waals surface area (Å²) in [6.45, 7) is 4.06. The van der Waals surface area contributed by atoms with Crippen LogP contribution in [0.25, 0.3) is 11.3 Å². The molecule has 0 N–H and O–H groups in total. The molecule has 4 aromatic rings. The number of carbonyl (C=O) groups excluding carboxylic acids is 1. The van der Waals surface area contributed by atoms with Gasteiger partial charge in [0.2, 0.25) is 0 Å².